The third-order valence-electron chi connectivity index (χ3n) is 2.06. The van der Waals surface area contributed by atoms with E-state index in [2.05, 4.69) is 13.2 Å². The summed E-state index contributed by atoms with van der Waals surface area (Å²) in [4.78, 5) is 43.5. The SMILES string of the molecule is C=C(CC(=O)O)C(=O)OCC(C)OC(=O)C(=C)CC(=O)O. The molecule has 1 atom stereocenters. The van der Waals surface area contributed by atoms with Crippen molar-refractivity contribution >= 4 is 23.9 Å². The molecular weight excluding hydrogens is 284 g/mol. The molecule has 0 amide bonds. The second-order valence-electron chi connectivity index (χ2n) is 4.16. The fraction of sp³-hybridized carbons (Fsp3) is 0.385. The van der Waals surface area contributed by atoms with Crippen LogP contribution in [-0.2, 0) is 28.7 Å². The lowest BCUT2D eigenvalue weighted by atomic mass is 10.2. The lowest BCUT2D eigenvalue weighted by Crippen LogP contribution is -2.24. The third-order valence-corrected chi connectivity index (χ3v) is 2.06. The average Bonchev–Trinajstić information content (AvgIpc) is 2.33. The quantitative estimate of drug-likeness (QED) is 0.466. The van der Waals surface area contributed by atoms with Gasteiger partial charge in [0.2, 0.25) is 0 Å². The van der Waals surface area contributed by atoms with E-state index in [1.54, 1.807) is 0 Å². The number of carbonyl (C=O) groups is 4. The van der Waals surface area contributed by atoms with Gasteiger partial charge in [-0.15, -0.1) is 0 Å². The summed E-state index contributed by atoms with van der Waals surface area (Å²) in [6, 6.07) is 0. The van der Waals surface area contributed by atoms with Gasteiger partial charge in [0.25, 0.3) is 0 Å². The van der Waals surface area contributed by atoms with Crippen molar-refractivity contribution < 1.29 is 38.9 Å². The average molecular weight is 300 g/mol. The molecule has 0 heterocycles. The second-order valence-corrected chi connectivity index (χ2v) is 4.16. The molecule has 8 nitrogen and oxygen atoms in total. The summed E-state index contributed by atoms with van der Waals surface area (Å²) in [5.41, 5.74) is -0.479. The van der Waals surface area contributed by atoms with Crippen LogP contribution in [0.5, 0.6) is 0 Å². The molecule has 0 aromatic rings. The first-order chi connectivity index (χ1) is 9.63. The van der Waals surface area contributed by atoms with Crippen LogP contribution in [0.25, 0.3) is 0 Å². The lowest BCUT2D eigenvalue weighted by Gasteiger charge is -2.14. The van der Waals surface area contributed by atoms with Crippen LogP contribution >= 0.6 is 0 Å². The minimum absolute atomic E-state index is 0.240. The van der Waals surface area contributed by atoms with Gasteiger partial charge in [-0.05, 0) is 6.92 Å². The molecule has 0 radical (unpaired) electrons. The van der Waals surface area contributed by atoms with Gasteiger partial charge < -0.3 is 19.7 Å². The fourth-order valence-electron chi connectivity index (χ4n) is 1.10. The Morgan fingerprint density at radius 2 is 1.38 bits per heavy atom. The van der Waals surface area contributed by atoms with E-state index in [-0.39, 0.29) is 17.8 Å². The van der Waals surface area contributed by atoms with Crippen molar-refractivity contribution in [3.05, 3.63) is 24.3 Å². The second kappa shape index (κ2) is 8.51. The van der Waals surface area contributed by atoms with Gasteiger partial charge in [0.15, 0.2) is 0 Å². The maximum atomic E-state index is 11.4. The predicted octanol–water partition coefficient (Wildman–Crippen LogP) is 0.523. The molecule has 8 heteroatoms. The van der Waals surface area contributed by atoms with Crippen LogP contribution in [0.1, 0.15) is 19.8 Å². The summed E-state index contributed by atoms with van der Waals surface area (Å²) in [7, 11) is 0. The zero-order valence-electron chi connectivity index (χ0n) is 11.5. The van der Waals surface area contributed by atoms with Crippen molar-refractivity contribution in [1.82, 2.24) is 0 Å². The first-order valence-corrected chi connectivity index (χ1v) is 5.80. The normalized spacial score (nSPS) is 11.1. The number of carbonyl (C=O) groups excluding carboxylic acids is 2. The highest BCUT2D eigenvalue weighted by Crippen LogP contribution is 2.06. The molecule has 116 valence electrons. The van der Waals surface area contributed by atoms with Gasteiger partial charge in [0, 0.05) is 11.1 Å². The Balaban J connectivity index is 4.18. The molecular formula is C13H16O8. The van der Waals surface area contributed by atoms with Crippen LogP contribution in [0, 0.1) is 0 Å². The molecule has 0 saturated heterocycles. The smallest absolute Gasteiger partial charge is 0.334 e. The number of ether oxygens (including phenoxy) is 2. The van der Waals surface area contributed by atoms with Crippen molar-refractivity contribution in [2.24, 2.45) is 0 Å². The van der Waals surface area contributed by atoms with Crippen LogP contribution in [0.15, 0.2) is 24.3 Å². The molecule has 0 fully saturated rings. The fourth-order valence-corrected chi connectivity index (χ4v) is 1.10. The number of carboxylic acid groups (broad SMARTS) is 2. The minimum Gasteiger partial charge on any atom is -0.481 e. The Hall–Kier alpha value is -2.64. The summed E-state index contributed by atoms with van der Waals surface area (Å²) < 4.78 is 9.50. The topological polar surface area (TPSA) is 127 Å². The monoisotopic (exact) mass is 300 g/mol. The summed E-state index contributed by atoms with van der Waals surface area (Å²) in [6.45, 7) is 7.61. The largest absolute Gasteiger partial charge is 0.481 e. The first kappa shape index (κ1) is 18.4. The van der Waals surface area contributed by atoms with E-state index >= 15 is 0 Å². The molecule has 0 aliphatic rings. The molecule has 0 rings (SSSR count). The van der Waals surface area contributed by atoms with E-state index in [4.69, 9.17) is 19.7 Å². The van der Waals surface area contributed by atoms with Crippen LogP contribution < -0.4 is 0 Å². The summed E-state index contributed by atoms with van der Waals surface area (Å²) in [6.07, 6.45) is -1.95. The molecule has 0 aliphatic heterocycles. The summed E-state index contributed by atoms with van der Waals surface area (Å²) >= 11 is 0. The number of aliphatic carboxylic acids is 2. The van der Waals surface area contributed by atoms with Gasteiger partial charge in [-0.25, -0.2) is 9.59 Å². The molecule has 0 saturated carbocycles. The molecule has 1 unspecified atom stereocenters. The maximum absolute atomic E-state index is 11.4. The van der Waals surface area contributed by atoms with Gasteiger partial charge in [0.05, 0.1) is 12.8 Å². The van der Waals surface area contributed by atoms with Crippen molar-refractivity contribution in [2.45, 2.75) is 25.9 Å². The Kier molecular flexibility index (Phi) is 7.44. The summed E-state index contributed by atoms with van der Waals surface area (Å²) in [5.74, 6) is -4.27. The van der Waals surface area contributed by atoms with E-state index < -0.39 is 42.8 Å². The number of esters is 2. The van der Waals surface area contributed by atoms with Crippen molar-refractivity contribution in [3.8, 4) is 0 Å². The number of rotatable bonds is 9. The first-order valence-electron chi connectivity index (χ1n) is 5.80. The number of carboxylic acids is 2. The minimum atomic E-state index is -1.22. The lowest BCUT2D eigenvalue weighted by molar-refractivity contribution is -0.154. The van der Waals surface area contributed by atoms with Gasteiger partial charge in [-0.2, -0.15) is 0 Å². The van der Waals surface area contributed by atoms with E-state index in [9.17, 15) is 19.2 Å². The molecule has 0 spiro atoms. The number of hydrogen-bond acceptors (Lipinski definition) is 6. The zero-order valence-corrected chi connectivity index (χ0v) is 11.5. The molecule has 21 heavy (non-hydrogen) atoms. The Morgan fingerprint density at radius 3 is 1.81 bits per heavy atom. The van der Waals surface area contributed by atoms with E-state index in [1.807, 2.05) is 0 Å². The highest BCUT2D eigenvalue weighted by molar-refractivity contribution is 5.93. The summed E-state index contributed by atoms with van der Waals surface area (Å²) in [5, 5.41) is 16.9. The van der Waals surface area contributed by atoms with Gasteiger partial charge in [-0.1, -0.05) is 13.2 Å². The molecule has 0 aromatic carbocycles. The Bertz CT molecular complexity index is 477. The van der Waals surface area contributed by atoms with Gasteiger partial charge in [-0.3, -0.25) is 9.59 Å². The number of hydrogen-bond donors (Lipinski definition) is 2. The van der Waals surface area contributed by atoms with E-state index in [0.29, 0.717) is 0 Å². The van der Waals surface area contributed by atoms with Crippen LogP contribution in [0.4, 0.5) is 0 Å². The Morgan fingerprint density at radius 1 is 0.952 bits per heavy atom. The van der Waals surface area contributed by atoms with Gasteiger partial charge >= 0.3 is 23.9 Å². The molecule has 0 aromatic heterocycles. The maximum Gasteiger partial charge on any atom is 0.334 e. The van der Waals surface area contributed by atoms with E-state index in [0.717, 1.165) is 0 Å². The van der Waals surface area contributed by atoms with E-state index in [1.165, 1.54) is 6.92 Å². The van der Waals surface area contributed by atoms with Crippen LogP contribution in [0.2, 0.25) is 0 Å². The zero-order chi connectivity index (χ0) is 16.6. The highest BCUT2D eigenvalue weighted by Gasteiger charge is 2.18. The molecule has 0 aliphatic carbocycles. The predicted molar refractivity (Wildman–Crippen MR) is 69.3 cm³/mol. The van der Waals surface area contributed by atoms with Crippen molar-refractivity contribution in [2.75, 3.05) is 6.61 Å². The Labute approximate surface area is 120 Å². The molecule has 0 bridgehead atoms. The highest BCUT2D eigenvalue weighted by atomic mass is 16.6. The van der Waals surface area contributed by atoms with Crippen molar-refractivity contribution in [1.29, 1.82) is 0 Å². The molecule has 2 N–H and O–H groups in total. The standard InChI is InChI=1S/C13H16O8/c1-7(4-10(14)15)12(18)20-6-9(3)21-13(19)8(2)5-11(16)17/h9H,1-2,4-6H2,3H3,(H,14,15)(H,16,17). The third kappa shape index (κ3) is 8.19. The van der Waals surface area contributed by atoms with Crippen molar-refractivity contribution in [3.63, 3.8) is 0 Å². The van der Waals surface area contributed by atoms with Crippen LogP contribution in [-0.4, -0.2) is 46.8 Å². The van der Waals surface area contributed by atoms with Gasteiger partial charge in [0.1, 0.15) is 12.7 Å². The van der Waals surface area contributed by atoms with Crippen LogP contribution in [0.3, 0.4) is 0 Å².